The van der Waals surface area contributed by atoms with Gasteiger partial charge in [-0.05, 0) is 122 Å². The molecular formula is C50H63ClN6O5. The third kappa shape index (κ3) is 8.54. The van der Waals surface area contributed by atoms with Crippen LogP contribution in [0.2, 0.25) is 5.02 Å². The first kappa shape index (κ1) is 45.0. The summed E-state index contributed by atoms with van der Waals surface area (Å²) in [6.45, 7) is 26.0. The molecule has 1 N–H and O–H groups in total. The normalized spacial score (nSPS) is 22.3. The van der Waals surface area contributed by atoms with Gasteiger partial charge in [-0.25, -0.2) is 0 Å². The molecule has 0 bridgehead atoms. The maximum atomic E-state index is 13.6. The van der Waals surface area contributed by atoms with Crippen molar-refractivity contribution in [1.82, 2.24) is 24.9 Å². The van der Waals surface area contributed by atoms with Crippen molar-refractivity contribution < 1.29 is 24.0 Å². The fraction of sp³-hybridized carbons (Fsp3) is 0.500. The lowest BCUT2D eigenvalue weighted by molar-refractivity contribution is -0.125. The number of imide groups is 1. The number of amides is 5. The predicted octanol–water partition coefficient (Wildman–Crippen LogP) is 8.27. The predicted molar refractivity (Wildman–Crippen MR) is 245 cm³/mol. The molecule has 1 atom stereocenters. The van der Waals surface area contributed by atoms with E-state index < -0.39 is 17.9 Å². The number of aryl methyl sites for hydroxylation is 2. The number of halogens is 1. The van der Waals surface area contributed by atoms with Crippen LogP contribution in [0.1, 0.15) is 132 Å². The fourth-order valence-corrected chi connectivity index (χ4v) is 11.5. The topological polar surface area (TPSA) is 114 Å². The van der Waals surface area contributed by atoms with Gasteiger partial charge in [0.15, 0.2) is 0 Å². The van der Waals surface area contributed by atoms with Crippen molar-refractivity contribution in [2.45, 2.75) is 112 Å². The second-order valence-electron chi connectivity index (χ2n) is 19.0. The van der Waals surface area contributed by atoms with Crippen LogP contribution in [0.4, 0.5) is 5.69 Å². The van der Waals surface area contributed by atoms with E-state index in [4.69, 9.17) is 11.6 Å². The number of carbonyl (C=O) groups is 5. The van der Waals surface area contributed by atoms with Gasteiger partial charge in [-0.1, -0.05) is 65.8 Å². The average molecular weight is 864 g/mol. The zero-order valence-electron chi connectivity index (χ0n) is 37.8. The molecule has 0 aromatic heterocycles. The van der Waals surface area contributed by atoms with E-state index in [0.29, 0.717) is 60.9 Å². The number of nitrogens with one attached hydrogen (secondary N) is 1. The molecule has 5 aliphatic heterocycles. The highest BCUT2D eigenvalue weighted by Crippen LogP contribution is 2.57. The van der Waals surface area contributed by atoms with Gasteiger partial charge in [0.05, 0.1) is 11.1 Å². The number of hydrogen-bond donors (Lipinski definition) is 1. The molecule has 4 fully saturated rings. The summed E-state index contributed by atoms with van der Waals surface area (Å²) < 4.78 is 0. The molecule has 0 radical (unpaired) electrons. The molecule has 6 aliphatic rings. The summed E-state index contributed by atoms with van der Waals surface area (Å²) in [5.41, 5.74) is 7.25. The average Bonchev–Trinajstić information content (AvgIpc) is 3.69. The Kier molecular flexibility index (Phi) is 12.8. The summed E-state index contributed by atoms with van der Waals surface area (Å²) in [5.74, 6) is -1.08. The van der Waals surface area contributed by atoms with Crippen LogP contribution < -0.4 is 10.2 Å². The Morgan fingerprint density at radius 1 is 0.742 bits per heavy atom. The number of piperidine rings is 2. The smallest absolute Gasteiger partial charge is 0.262 e. The van der Waals surface area contributed by atoms with Crippen LogP contribution in [-0.4, -0.2) is 107 Å². The Morgan fingerprint density at radius 3 is 2.00 bits per heavy atom. The van der Waals surface area contributed by atoms with Gasteiger partial charge in [0.25, 0.3) is 23.6 Å². The van der Waals surface area contributed by atoms with Crippen molar-refractivity contribution in [2.24, 2.45) is 10.8 Å². The van der Waals surface area contributed by atoms with Crippen molar-refractivity contribution in [3.8, 4) is 0 Å². The first-order valence-electron chi connectivity index (χ1n) is 22.4. The minimum atomic E-state index is -0.819. The number of carbonyl (C=O) groups excluding carboxylic acids is 5. The van der Waals surface area contributed by atoms with E-state index in [1.165, 1.54) is 11.1 Å². The lowest BCUT2D eigenvalue weighted by atomic mass is 9.51. The third-order valence-electron chi connectivity index (χ3n) is 13.8. The molecule has 11 nitrogen and oxygen atoms in total. The number of nitrogens with zero attached hydrogens (tertiary/aromatic N) is 5. The molecule has 5 heterocycles. The Labute approximate surface area is 372 Å². The highest BCUT2D eigenvalue weighted by Gasteiger charge is 2.57. The van der Waals surface area contributed by atoms with Crippen LogP contribution in [0.5, 0.6) is 0 Å². The molecule has 62 heavy (non-hydrogen) atoms. The molecule has 330 valence electrons. The molecule has 9 rings (SSSR count). The maximum absolute atomic E-state index is 13.6. The van der Waals surface area contributed by atoms with Gasteiger partial charge in [-0.3, -0.25) is 33.8 Å². The summed E-state index contributed by atoms with van der Waals surface area (Å²) >= 11 is 5.72. The molecule has 3 aromatic rings. The van der Waals surface area contributed by atoms with Gasteiger partial charge in [0, 0.05) is 85.4 Å². The largest absolute Gasteiger partial charge is 0.371 e. The van der Waals surface area contributed by atoms with E-state index in [1.807, 2.05) is 66.1 Å². The number of piperazine rings is 1. The molecule has 3 saturated heterocycles. The summed E-state index contributed by atoms with van der Waals surface area (Å²) in [5, 5.41) is 3.50. The van der Waals surface area contributed by atoms with E-state index >= 15 is 0 Å². The summed E-state index contributed by atoms with van der Waals surface area (Å²) in [6.07, 6.45) is 3.91. The Morgan fingerprint density at radius 2 is 1.39 bits per heavy atom. The lowest BCUT2D eigenvalue weighted by Gasteiger charge is -2.60. The molecule has 1 saturated carbocycles. The highest BCUT2D eigenvalue weighted by molar-refractivity contribution is 6.30. The summed E-state index contributed by atoms with van der Waals surface area (Å²) in [6, 6.07) is 16.7. The zero-order valence-corrected chi connectivity index (χ0v) is 38.5. The first-order valence-corrected chi connectivity index (χ1v) is 22.8. The Hall–Kier alpha value is -5.00. The van der Waals surface area contributed by atoms with E-state index in [1.54, 1.807) is 12.1 Å². The van der Waals surface area contributed by atoms with Crippen molar-refractivity contribution in [3.63, 3.8) is 0 Å². The van der Waals surface area contributed by atoms with Gasteiger partial charge in [0.1, 0.15) is 6.04 Å². The molecule has 0 spiro atoms. The number of fused-ring (bicyclic) bond motifs is 2. The fourth-order valence-electron chi connectivity index (χ4n) is 11.2. The molecular weight excluding hydrogens is 800 g/mol. The molecule has 1 unspecified atom stereocenters. The van der Waals surface area contributed by atoms with Gasteiger partial charge >= 0.3 is 0 Å². The highest BCUT2D eigenvalue weighted by atomic mass is 35.5. The van der Waals surface area contributed by atoms with Gasteiger partial charge < -0.3 is 20.0 Å². The minimum Gasteiger partial charge on any atom is -0.371 e. The first-order chi connectivity index (χ1) is 29.4. The summed E-state index contributed by atoms with van der Waals surface area (Å²) in [4.78, 5) is 76.0. The third-order valence-corrected chi connectivity index (χ3v) is 14.1. The van der Waals surface area contributed by atoms with Crippen molar-refractivity contribution in [1.29, 1.82) is 0 Å². The van der Waals surface area contributed by atoms with Crippen LogP contribution in [0.25, 0.3) is 0 Å². The van der Waals surface area contributed by atoms with Gasteiger partial charge in [-0.15, -0.1) is 0 Å². The molecule has 12 heteroatoms. The standard InChI is InChI=1S/C40H48N6O5.C8H9Cl.C2H6/c1-24-6-11-32(33(47)41-24)46-36(50)30-10-8-28(21-31(30)37(46)51)42-14-12-27(13-15-42)43-16-18-44(19-17-43)34(48)25-7-9-29-26(20-25)22-45(35(29)49)38-39(2,3)23-40(38,4)5;1-6-3-4-8(9)5-7(6)2;1-2/h7-10,20-21,27,32,38H,1,6,11-19,22-23H2,2-5H3,(H,41,47);3-5H,1-2H3;1-2H3. The monoisotopic (exact) mass is 862 g/mol. The van der Waals surface area contributed by atoms with E-state index in [0.717, 1.165) is 72.2 Å². The van der Waals surface area contributed by atoms with E-state index in [-0.39, 0.29) is 34.6 Å². The van der Waals surface area contributed by atoms with Crippen LogP contribution in [0, 0.1) is 24.7 Å². The summed E-state index contributed by atoms with van der Waals surface area (Å²) in [7, 11) is 0. The lowest BCUT2D eigenvalue weighted by Crippen LogP contribution is -2.63. The SMILES string of the molecule is C=C1CCC(N2C(=O)c3ccc(N4CCC(N5CCN(C(=O)c6ccc7c(c6)CN(C6C(C)(C)CC6(C)C)C7=O)CC5)CC4)cc3C2=O)C(=O)N1.CC.Cc1ccc(Cl)cc1C. The van der Waals surface area contributed by atoms with E-state index in [2.05, 4.69) is 63.2 Å². The van der Waals surface area contributed by atoms with Crippen molar-refractivity contribution in [3.05, 3.63) is 111 Å². The molecule has 5 amide bonds. The van der Waals surface area contributed by atoms with Gasteiger partial charge in [0.2, 0.25) is 5.91 Å². The van der Waals surface area contributed by atoms with Gasteiger partial charge in [-0.2, -0.15) is 0 Å². The zero-order chi connectivity index (χ0) is 44.8. The van der Waals surface area contributed by atoms with Crippen LogP contribution in [0.15, 0.2) is 66.9 Å². The second kappa shape index (κ2) is 17.6. The number of hydrogen-bond acceptors (Lipinski definition) is 7. The van der Waals surface area contributed by atoms with Crippen molar-refractivity contribution >= 4 is 46.8 Å². The quantitative estimate of drug-likeness (QED) is 0.257. The van der Waals surface area contributed by atoms with Crippen molar-refractivity contribution in [2.75, 3.05) is 44.2 Å². The Bertz CT molecular complexity index is 2270. The number of anilines is 1. The van der Waals surface area contributed by atoms with Crippen LogP contribution in [0.3, 0.4) is 0 Å². The molecule has 3 aromatic carbocycles. The number of benzene rings is 3. The van der Waals surface area contributed by atoms with Crippen LogP contribution >= 0.6 is 11.6 Å². The second-order valence-corrected chi connectivity index (χ2v) is 19.4. The number of allylic oxidation sites excluding steroid dienone is 1. The maximum Gasteiger partial charge on any atom is 0.262 e. The number of rotatable bonds is 5. The van der Waals surface area contributed by atoms with E-state index in [9.17, 15) is 24.0 Å². The Balaban J connectivity index is 0.000000464. The van der Waals surface area contributed by atoms with Crippen LogP contribution in [-0.2, 0) is 11.3 Å². The molecule has 1 aliphatic carbocycles. The minimum absolute atomic E-state index is 0.0280.